The molecule has 0 saturated heterocycles. The highest BCUT2D eigenvalue weighted by molar-refractivity contribution is 7.85. The lowest BCUT2D eigenvalue weighted by Gasteiger charge is -2.39. The van der Waals surface area contributed by atoms with Gasteiger partial charge in [-0.15, -0.1) is 0 Å². The van der Waals surface area contributed by atoms with Gasteiger partial charge in [-0.1, -0.05) is 59.4 Å². The Morgan fingerprint density at radius 2 is 1.09 bits per heavy atom. The van der Waals surface area contributed by atoms with Crippen LogP contribution in [0.5, 0.6) is 11.5 Å². The third-order valence-electron chi connectivity index (χ3n) is 6.55. The number of methoxy groups -OCH3 is 2. The summed E-state index contributed by atoms with van der Waals surface area (Å²) in [5.41, 5.74) is 0. The summed E-state index contributed by atoms with van der Waals surface area (Å²) in [6.45, 7) is 15.0. The number of hydrogen-bond acceptors (Lipinski definition) is 5. The average Bonchev–Trinajstić information content (AvgIpc) is 2.86. The van der Waals surface area contributed by atoms with Gasteiger partial charge in [0, 0.05) is 0 Å². The summed E-state index contributed by atoms with van der Waals surface area (Å²) in [7, 11) is -1.45. The van der Waals surface area contributed by atoms with Gasteiger partial charge in [-0.2, -0.15) is 0 Å². The lowest BCUT2D eigenvalue weighted by atomic mass is 10.1. The van der Waals surface area contributed by atoms with E-state index in [1.165, 1.54) is 108 Å². The Balaban J connectivity index is 0.000000351. The number of fused-ring (bicyclic) bond motifs is 1. The molecule has 0 N–H and O–H groups in total. The second kappa shape index (κ2) is 16.0. The fourth-order valence-electron chi connectivity index (χ4n) is 4.35. The standard InChI is InChI=1S/C16H36N.C12H12O5S/c1-5-9-13-17(14-10-6-2,15-11-7-3)16-12-8-4;1-16-11-6-8-3-4-10(18(13,14)15)5-9(8)7-12(11)17-2/h5-16H2,1-4H3;3-7H,1-2H3,(H,13,14,15)/q+1;/p-1. The molecule has 0 saturated carbocycles. The van der Waals surface area contributed by atoms with Crippen molar-refractivity contribution in [3.8, 4) is 11.5 Å². The first-order valence-electron chi connectivity index (χ1n) is 13.2. The van der Waals surface area contributed by atoms with Crippen molar-refractivity contribution in [2.24, 2.45) is 0 Å². The van der Waals surface area contributed by atoms with Crippen molar-refractivity contribution in [2.45, 2.75) is 84.0 Å². The maximum Gasteiger partial charge on any atom is 0.161 e. The molecule has 0 aromatic heterocycles. The van der Waals surface area contributed by atoms with Gasteiger partial charge >= 0.3 is 0 Å². The Bertz CT molecular complexity index is 937. The molecule has 0 bridgehead atoms. The largest absolute Gasteiger partial charge is 0.744 e. The molecule has 0 aliphatic rings. The SMILES string of the molecule is CCCC[N+](CCCC)(CCCC)CCCC.COc1cc2ccc(S(=O)(=O)[O-])cc2cc1OC. The molecule has 6 nitrogen and oxygen atoms in total. The van der Waals surface area contributed by atoms with Crippen LogP contribution in [0.3, 0.4) is 0 Å². The van der Waals surface area contributed by atoms with E-state index in [4.69, 9.17) is 9.47 Å². The average molecular weight is 510 g/mol. The fraction of sp³-hybridized carbons (Fsp3) is 0.643. The summed E-state index contributed by atoms with van der Waals surface area (Å²) in [6, 6.07) is 7.50. The lowest BCUT2D eigenvalue weighted by Crippen LogP contribution is -2.50. The molecule has 0 aliphatic carbocycles. The summed E-state index contributed by atoms with van der Waals surface area (Å²) in [5.74, 6) is 1.02. The van der Waals surface area contributed by atoms with Crippen LogP contribution in [0.1, 0.15) is 79.1 Å². The number of ether oxygens (including phenoxy) is 2. The van der Waals surface area contributed by atoms with Crippen molar-refractivity contribution in [1.82, 2.24) is 0 Å². The van der Waals surface area contributed by atoms with E-state index in [0.29, 0.717) is 16.9 Å². The second-order valence-corrected chi connectivity index (χ2v) is 10.7. The van der Waals surface area contributed by atoms with Crippen molar-refractivity contribution < 1.29 is 26.9 Å². The predicted octanol–water partition coefficient (Wildman–Crippen LogP) is 6.76. The maximum absolute atomic E-state index is 10.9. The van der Waals surface area contributed by atoms with Crippen molar-refractivity contribution in [3.63, 3.8) is 0 Å². The third-order valence-corrected chi connectivity index (χ3v) is 7.38. The zero-order chi connectivity index (χ0) is 26.3. The number of unbranched alkanes of at least 4 members (excludes halogenated alkanes) is 4. The lowest BCUT2D eigenvalue weighted by molar-refractivity contribution is -0.929. The quantitative estimate of drug-likeness (QED) is 0.196. The molecular formula is C28H47NO5S. The monoisotopic (exact) mass is 509 g/mol. The number of nitrogens with zero attached hydrogens (tertiary/aromatic N) is 1. The normalized spacial score (nSPS) is 11.7. The second-order valence-electron chi connectivity index (χ2n) is 9.32. The molecule has 0 unspecified atom stereocenters. The molecule has 200 valence electrons. The van der Waals surface area contributed by atoms with E-state index in [9.17, 15) is 13.0 Å². The van der Waals surface area contributed by atoms with Crippen molar-refractivity contribution >= 4 is 20.9 Å². The van der Waals surface area contributed by atoms with Gasteiger partial charge in [0.1, 0.15) is 10.1 Å². The van der Waals surface area contributed by atoms with Gasteiger partial charge in [0.05, 0.1) is 45.3 Å². The summed E-state index contributed by atoms with van der Waals surface area (Å²) in [4.78, 5) is -0.262. The molecule has 0 amide bonds. The van der Waals surface area contributed by atoms with Crippen LogP contribution >= 0.6 is 0 Å². The smallest absolute Gasteiger partial charge is 0.161 e. The van der Waals surface area contributed by atoms with Gasteiger partial charge in [0.2, 0.25) is 0 Å². The number of rotatable bonds is 15. The van der Waals surface area contributed by atoms with Gasteiger partial charge in [-0.25, -0.2) is 8.42 Å². The minimum atomic E-state index is -4.45. The van der Waals surface area contributed by atoms with Crippen molar-refractivity contribution in [3.05, 3.63) is 30.3 Å². The highest BCUT2D eigenvalue weighted by Crippen LogP contribution is 2.33. The maximum atomic E-state index is 10.9. The molecule has 2 rings (SSSR count). The van der Waals surface area contributed by atoms with Crippen LogP contribution in [0, 0.1) is 0 Å². The molecule has 0 atom stereocenters. The van der Waals surface area contributed by atoms with Gasteiger partial charge in [-0.3, -0.25) is 0 Å². The van der Waals surface area contributed by atoms with Gasteiger partial charge < -0.3 is 18.5 Å². The predicted molar refractivity (Wildman–Crippen MR) is 144 cm³/mol. The molecule has 0 spiro atoms. The summed E-state index contributed by atoms with van der Waals surface area (Å²) >= 11 is 0. The molecule has 0 fully saturated rings. The zero-order valence-electron chi connectivity index (χ0n) is 22.8. The molecule has 7 heteroatoms. The fourth-order valence-corrected chi connectivity index (χ4v) is 4.86. The van der Waals surface area contributed by atoms with E-state index < -0.39 is 10.1 Å². The summed E-state index contributed by atoms with van der Waals surface area (Å²) < 4.78 is 44.5. The minimum absolute atomic E-state index is 0.262. The first-order chi connectivity index (χ1) is 16.7. The highest BCUT2D eigenvalue weighted by Gasteiger charge is 2.24. The topological polar surface area (TPSA) is 75.7 Å². The number of quaternary nitrogens is 1. The summed E-state index contributed by atoms with van der Waals surface area (Å²) in [5, 5.41) is 1.37. The molecule has 0 heterocycles. The van der Waals surface area contributed by atoms with Crippen molar-refractivity contribution in [1.29, 1.82) is 0 Å². The number of benzene rings is 2. The van der Waals surface area contributed by atoms with E-state index in [2.05, 4.69) is 27.7 Å². The molecule has 2 aromatic rings. The van der Waals surface area contributed by atoms with Crippen LogP contribution < -0.4 is 9.47 Å². The Kier molecular flexibility index (Phi) is 14.3. The minimum Gasteiger partial charge on any atom is -0.744 e. The molecular weight excluding hydrogens is 462 g/mol. The number of hydrogen-bond donors (Lipinski definition) is 0. The van der Waals surface area contributed by atoms with Crippen LogP contribution in [0.25, 0.3) is 10.8 Å². The van der Waals surface area contributed by atoms with E-state index in [-0.39, 0.29) is 4.90 Å². The Labute approximate surface area is 214 Å². The van der Waals surface area contributed by atoms with E-state index >= 15 is 0 Å². The van der Waals surface area contributed by atoms with E-state index in [0.717, 1.165) is 5.39 Å². The molecule has 2 aromatic carbocycles. The van der Waals surface area contributed by atoms with Crippen LogP contribution in [0.4, 0.5) is 0 Å². The van der Waals surface area contributed by atoms with Gasteiger partial charge in [0.15, 0.2) is 11.5 Å². The Morgan fingerprint density at radius 1 is 0.686 bits per heavy atom. The first kappa shape index (κ1) is 31.2. The van der Waals surface area contributed by atoms with Gasteiger partial charge in [0.25, 0.3) is 0 Å². The third kappa shape index (κ3) is 10.4. The molecule has 0 radical (unpaired) electrons. The van der Waals surface area contributed by atoms with Crippen LogP contribution in [0.15, 0.2) is 35.2 Å². The first-order valence-corrected chi connectivity index (χ1v) is 14.6. The van der Waals surface area contributed by atoms with Crippen LogP contribution in [-0.2, 0) is 10.1 Å². The molecule has 35 heavy (non-hydrogen) atoms. The van der Waals surface area contributed by atoms with Gasteiger partial charge in [-0.05, 0) is 60.7 Å². The Morgan fingerprint density at radius 3 is 1.43 bits per heavy atom. The summed E-state index contributed by atoms with van der Waals surface area (Å²) in [6.07, 6.45) is 11.1. The van der Waals surface area contributed by atoms with E-state index in [1.807, 2.05) is 0 Å². The van der Waals surface area contributed by atoms with Crippen LogP contribution in [-0.4, -0.2) is 57.9 Å². The van der Waals surface area contributed by atoms with Crippen molar-refractivity contribution in [2.75, 3.05) is 40.4 Å². The van der Waals surface area contributed by atoms with E-state index in [1.54, 1.807) is 18.2 Å². The van der Waals surface area contributed by atoms with Crippen LogP contribution in [0.2, 0.25) is 0 Å². The Hall–Kier alpha value is -1.83. The molecule has 0 aliphatic heterocycles. The zero-order valence-corrected chi connectivity index (χ0v) is 23.6. The highest BCUT2D eigenvalue weighted by atomic mass is 32.2.